The van der Waals surface area contributed by atoms with E-state index in [4.69, 9.17) is 4.74 Å². The Morgan fingerprint density at radius 3 is 2.61 bits per heavy atom. The molecule has 1 aliphatic rings. The highest BCUT2D eigenvalue weighted by Crippen LogP contribution is 2.33. The second kappa shape index (κ2) is 5.78. The van der Waals surface area contributed by atoms with Crippen molar-refractivity contribution in [3.8, 4) is 11.5 Å². The molecule has 3 aromatic rings. The van der Waals surface area contributed by atoms with E-state index in [-0.39, 0.29) is 0 Å². The standard InChI is InChI=1S/C19H22N2O2/c1-23-14-5-6-15-16-9-13(12-21-7-3-2-4-8-21)19(22)11-18(16)20-17(15)10-14/h5-6,9-11,20,22H,2-4,7-8,12H2,1H3. The Balaban J connectivity index is 1.76. The molecule has 1 aliphatic heterocycles. The molecule has 4 heteroatoms. The van der Waals surface area contributed by atoms with Gasteiger partial charge in [-0.05, 0) is 44.1 Å². The molecule has 2 N–H and O–H groups in total. The van der Waals surface area contributed by atoms with Crippen molar-refractivity contribution in [1.82, 2.24) is 9.88 Å². The average molecular weight is 310 g/mol. The molecule has 23 heavy (non-hydrogen) atoms. The molecule has 2 heterocycles. The Bertz CT molecular complexity index is 847. The number of fused-ring (bicyclic) bond motifs is 3. The van der Waals surface area contributed by atoms with Crippen LogP contribution in [0.5, 0.6) is 11.5 Å². The van der Waals surface area contributed by atoms with Gasteiger partial charge in [-0.3, -0.25) is 4.90 Å². The highest BCUT2D eigenvalue weighted by atomic mass is 16.5. The summed E-state index contributed by atoms with van der Waals surface area (Å²) in [4.78, 5) is 5.80. The molecular weight excluding hydrogens is 288 g/mol. The van der Waals surface area contributed by atoms with Crippen molar-refractivity contribution in [3.63, 3.8) is 0 Å². The van der Waals surface area contributed by atoms with Crippen LogP contribution in [0, 0.1) is 0 Å². The molecule has 0 bridgehead atoms. The van der Waals surface area contributed by atoms with E-state index >= 15 is 0 Å². The molecule has 1 fully saturated rings. The van der Waals surface area contributed by atoms with Gasteiger partial charge in [-0.25, -0.2) is 0 Å². The predicted octanol–water partition coefficient (Wildman–Crippen LogP) is 4.02. The molecule has 4 rings (SSSR count). The fraction of sp³-hybridized carbons (Fsp3) is 0.368. The van der Waals surface area contributed by atoms with E-state index in [0.717, 1.165) is 47.4 Å². The topological polar surface area (TPSA) is 48.5 Å². The van der Waals surface area contributed by atoms with Crippen LogP contribution in [0.4, 0.5) is 0 Å². The molecule has 4 nitrogen and oxygen atoms in total. The van der Waals surface area contributed by atoms with Crippen molar-refractivity contribution in [2.75, 3.05) is 20.2 Å². The summed E-state index contributed by atoms with van der Waals surface area (Å²) in [5.41, 5.74) is 3.01. The van der Waals surface area contributed by atoms with Crippen LogP contribution in [0.2, 0.25) is 0 Å². The zero-order chi connectivity index (χ0) is 15.8. The van der Waals surface area contributed by atoms with Crippen molar-refractivity contribution >= 4 is 21.8 Å². The van der Waals surface area contributed by atoms with Crippen molar-refractivity contribution in [3.05, 3.63) is 35.9 Å². The normalized spacial score (nSPS) is 16.2. The number of aromatic nitrogens is 1. The van der Waals surface area contributed by atoms with Crippen LogP contribution in [0.1, 0.15) is 24.8 Å². The molecule has 0 atom stereocenters. The van der Waals surface area contributed by atoms with E-state index in [9.17, 15) is 5.11 Å². The van der Waals surface area contributed by atoms with Crippen LogP contribution < -0.4 is 4.74 Å². The summed E-state index contributed by atoms with van der Waals surface area (Å²) >= 11 is 0. The maximum absolute atomic E-state index is 10.4. The minimum atomic E-state index is 0.376. The molecule has 1 saturated heterocycles. The fourth-order valence-electron chi connectivity index (χ4n) is 3.58. The Kier molecular flexibility index (Phi) is 3.62. The lowest BCUT2D eigenvalue weighted by molar-refractivity contribution is 0.218. The van der Waals surface area contributed by atoms with Gasteiger partial charge in [-0.15, -0.1) is 0 Å². The number of hydrogen-bond donors (Lipinski definition) is 2. The molecular formula is C19H22N2O2. The number of aromatic amines is 1. The lowest BCUT2D eigenvalue weighted by Gasteiger charge is -2.26. The highest BCUT2D eigenvalue weighted by Gasteiger charge is 2.15. The third-order valence-electron chi connectivity index (χ3n) is 4.85. The van der Waals surface area contributed by atoms with Crippen LogP contribution in [0.15, 0.2) is 30.3 Å². The largest absolute Gasteiger partial charge is 0.508 e. The lowest BCUT2D eigenvalue weighted by Crippen LogP contribution is -2.29. The maximum Gasteiger partial charge on any atom is 0.122 e. The van der Waals surface area contributed by atoms with Gasteiger partial charge in [0, 0.05) is 35.0 Å². The SMILES string of the molecule is COc1ccc2c(c1)[nH]c1cc(O)c(CN3CCCCC3)cc12. The lowest BCUT2D eigenvalue weighted by atomic mass is 10.1. The van der Waals surface area contributed by atoms with Crippen molar-refractivity contribution in [2.45, 2.75) is 25.8 Å². The zero-order valence-electron chi connectivity index (χ0n) is 13.4. The number of H-pyrrole nitrogens is 1. The first-order chi connectivity index (χ1) is 11.2. The van der Waals surface area contributed by atoms with Crippen molar-refractivity contribution in [2.24, 2.45) is 0 Å². The smallest absolute Gasteiger partial charge is 0.122 e. The molecule has 1 aromatic heterocycles. The number of rotatable bonds is 3. The number of nitrogens with zero attached hydrogens (tertiary/aromatic N) is 1. The number of phenols is 1. The maximum atomic E-state index is 10.4. The van der Waals surface area contributed by atoms with Crippen molar-refractivity contribution < 1.29 is 9.84 Å². The number of phenolic OH excluding ortho intramolecular Hbond substituents is 1. The number of methoxy groups -OCH3 is 1. The quantitative estimate of drug-likeness (QED) is 0.768. The number of nitrogens with one attached hydrogen (secondary N) is 1. The number of likely N-dealkylation sites (tertiary alicyclic amines) is 1. The van der Waals surface area contributed by atoms with Crippen molar-refractivity contribution in [1.29, 1.82) is 0 Å². The number of aromatic hydroxyl groups is 1. The second-order valence-corrected chi connectivity index (χ2v) is 6.40. The van der Waals surface area contributed by atoms with E-state index < -0.39 is 0 Å². The van der Waals surface area contributed by atoms with E-state index in [1.807, 2.05) is 18.2 Å². The third kappa shape index (κ3) is 2.63. The molecule has 0 aliphatic carbocycles. The van der Waals surface area contributed by atoms with Crippen LogP contribution in [0.3, 0.4) is 0 Å². The van der Waals surface area contributed by atoms with Crippen LogP contribution in [-0.2, 0) is 6.54 Å². The summed E-state index contributed by atoms with van der Waals surface area (Å²) in [7, 11) is 1.67. The minimum absolute atomic E-state index is 0.376. The molecule has 0 unspecified atom stereocenters. The average Bonchev–Trinajstić information content (AvgIpc) is 2.92. The minimum Gasteiger partial charge on any atom is -0.508 e. The molecule has 0 spiro atoms. The van der Waals surface area contributed by atoms with Gasteiger partial charge in [0.2, 0.25) is 0 Å². The van der Waals surface area contributed by atoms with Gasteiger partial charge < -0.3 is 14.8 Å². The Morgan fingerprint density at radius 2 is 1.83 bits per heavy atom. The molecule has 120 valence electrons. The third-order valence-corrected chi connectivity index (χ3v) is 4.85. The Morgan fingerprint density at radius 1 is 1.04 bits per heavy atom. The summed E-state index contributed by atoms with van der Waals surface area (Å²) in [6.07, 6.45) is 3.84. The van der Waals surface area contributed by atoms with Gasteiger partial charge in [-0.2, -0.15) is 0 Å². The molecule has 0 saturated carbocycles. The first-order valence-corrected chi connectivity index (χ1v) is 8.28. The summed E-state index contributed by atoms with van der Waals surface area (Å²) in [5.74, 6) is 1.21. The molecule has 0 radical (unpaired) electrons. The monoisotopic (exact) mass is 310 g/mol. The van der Waals surface area contributed by atoms with Gasteiger partial charge in [0.05, 0.1) is 18.1 Å². The van der Waals surface area contributed by atoms with E-state index in [2.05, 4.69) is 22.0 Å². The highest BCUT2D eigenvalue weighted by molar-refractivity contribution is 6.08. The van der Waals surface area contributed by atoms with Gasteiger partial charge in [-0.1, -0.05) is 6.42 Å². The number of ether oxygens (including phenoxy) is 1. The van der Waals surface area contributed by atoms with E-state index in [1.54, 1.807) is 7.11 Å². The number of benzene rings is 2. The van der Waals surface area contributed by atoms with Crippen LogP contribution in [0.25, 0.3) is 21.8 Å². The Hall–Kier alpha value is -2.20. The molecule has 2 aromatic carbocycles. The van der Waals surface area contributed by atoms with Crippen LogP contribution in [-0.4, -0.2) is 35.2 Å². The summed E-state index contributed by atoms with van der Waals surface area (Å²) in [6.45, 7) is 3.08. The number of piperidine rings is 1. The fourth-order valence-corrected chi connectivity index (χ4v) is 3.58. The van der Waals surface area contributed by atoms with E-state index in [0.29, 0.717) is 5.75 Å². The Labute approximate surface area is 135 Å². The molecule has 0 amide bonds. The summed E-state index contributed by atoms with van der Waals surface area (Å²) in [6, 6.07) is 10.0. The van der Waals surface area contributed by atoms with Crippen LogP contribution >= 0.6 is 0 Å². The summed E-state index contributed by atoms with van der Waals surface area (Å²) in [5, 5.41) is 12.7. The van der Waals surface area contributed by atoms with E-state index in [1.165, 1.54) is 24.6 Å². The summed E-state index contributed by atoms with van der Waals surface area (Å²) < 4.78 is 5.29. The van der Waals surface area contributed by atoms with Gasteiger partial charge in [0.25, 0.3) is 0 Å². The van der Waals surface area contributed by atoms with Gasteiger partial charge in [0.1, 0.15) is 11.5 Å². The second-order valence-electron chi connectivity index (χ2n) is 6.40. The van der Waals surface area contributed by atoms with Gasteiger partial charge >= 0.3 is 0 Å². The number of hydrogen-bond acceptors (Lipinski definition) is 3. The first-order valence-electron chi connectivity index (χ1n) is 8.28. The predicted molar refractivity (Wildman–Crippen MR) is 93.1 cm³/mol. The first kappa shape index (κ1) is 14.4. The zero-order valence-corrected chi connectivity index (χ0v) is 13.4. The van der Waals surface area contributed by atoms with Gasteiger partial charge in [0.15, 0.2) is 0 Å².